The Morgan fingerprint density at radius 2 is 2.42 bits per heavy atom. The first-order valence-corrected chi connectivity index (χ1v) is 3.20. The van der Waals surface area contributed by atoms with Crippen molar-refractivity contribution in [2.75, 3.05) is 6.61 Å². The molecule has 0 aliphatic carbocycles. The average molecular weight is 170 g/mol. The first-order valence-electron chi connectivity index (χ1n) is 3.20. The molecule has 12 heavy (non-hydrogen) atoms. The van der Waals surface area contributed by atoms with Gasteiger partial charge in [-0.3, -0.25) is 9.78 Å². The molecule has 2 N–H and O–H groups in total. The fourth-order valence-electron chi connectivity index (χ4n) is 0.626. The van der Waals surface area contributed by atoms with Gasteiger partial charge in [-0.05, 0) is 0 Å². The summed E-state index contributed by atoms with van der Waals surface area (Å²) in [6, 6.07) is 1.12. The van der Waals surface area contributed by atoms with Gasteiger partial charge in [-0.2, -0.15) is 0 Å². The molecular formula is C7H7FN2O2. The second-order valence-corrected chi connectivity index (χ2v) is 2.09. The van der Waals surface area contributed by atoms with E-state index in [1.54, 1.807) is 0 Å². The normalized spacial score (nSPS) is 9.42. The van der Waals surface area contributed by atoms with E-state index in [9.17, 15) is 9.18 Å². The summed E-state index contributed by atoms with van der Waals surface area (Å²) in [5.41, 5.74) is 4.80. The molecule has 1 rings (SSSR count). The fraction of sp³-hybridized carbons (Fsp3) is 0.143. The zero-order chi connectivity index (χ0) is 8.97. The lowest BCUT2D eigenvalue weighted by Crippen LogP contribution is -2.20. The Kier molecular flexibility index (Phi) is 2.57. The third-order valence-corrected chi connectivity index (χ3v) is 1.06. The smallest absolute Gasteiger partial charge is 0.255 e. The van der Waals surface area contributed by atoms with Crippen molar-refractivity contribution in [1.29, 1.82) is 0 Å². The highest BCUT2D eigenvalue weighted by Gasteiger charge is 1.98. The Balaban J connectivity index is 2.57. The molecule has 0 aliphatic heterocycles. The number of primary amides is 1. The molecule has 4 nitrogen and oxygen atoms in total. The van der Waals surface area contributed by atoms with Crippen LogP contribution in [0.2, 0.25) is 0 Å². The number of pyridine rings is 1. The van der Waals surface area contributed by atoms with Gasteiger partial charge in [0.2, 0.25) is 0 Å². The van der Waals surface area contributed by atoms with Crippen molar-refractivity contribution in [3.8, 4) is 5.75 Å². The van der Waals surface area contributed by atoms with Crippen LogP contribution in [0.3, 0.4) is 0 Å². The maximum atomic E-state index is 12.4. The van der Waals surface area contributed by atoms with Gasteiger partial charge < -0.3 is 10.5 Å². The zero-order valence-electron chi connectivity index (χ0n) is 6.16. The molecular weight excluding hydrogens is 163 g/mol. The van der Waals surface area contributed by atoms with Gasteiger partial charge in [0.25, 0.3) is 5.91 Å². The zero-order valence-corrected chi connectivity index (χ0v) is 6.16. The van der Waals surface area contributed by atoms with Gasteiger partial charge in [0, 0.05) is 6.07 Å². The van der Waals surface area contributed by atoms with E-state index in [1.165, 1.54) is 6.20 Å². The summed E-state index contributed by atoms with van der Waals surface area (Å²) >= 11 is 0. The van der Waals surface area contributed by atoms with Crippen LogP contribution >= 0.6 is 0 Å². The Morgan fingerprint density at radius 1 is 1.67 bits per heavy atom. The molecule has 1 aromatic rings. The molecule has 0 spiro atoms. The molecule has 5 heteroatoms. The van der Waals surface area contributed by atoms with Gasteiger partial charge in [0.05, 0.1) is 12.4 Å². The van der Waals surface area contributed by atoms with Crippen LogP contribution in [0.5, 0.6) is 5.75 Å². The maximum absolute atomic E-state index is 12.4. The summed E-state index contributed by atoms with van der Waals surface area (Å²) in [4.78, 5) is 13.8. The molecule has 0 fully saturated rings. The van der Waals surface area contributed by atoms with E-state index < -0.39 is 11.7 Å². The van der Waals surface area contributed by atoms with Gasteiger partial charge in [0.15, 0.2) is 6.61 Å². The van der Waals surface area contributed by atoms with Gasteiger partial charge in [0.1, 0.15) is 11.6 Å². The lowest BCUT2D eigenvalue weighted by molar-refractivity contribution is -0.119. The molecule has 0 radical (unpaired) electrons. The van der Waals surface area contributed by atoms with Crippen LogP contribution in [0, 0.1) is 5.82 Å². The standard InChI is InChI=1S/C7H7FN2O2/c8-5-1-6(3-10-2-5)12-4-7(9)11/h1-3H,4H2,(H2,9,11). The summed E-state index contributed by atoms with van der Waals surface area (Å²) in [5, 5.41) is 0. The average Bonchev–Trinajstić information content (AvgIpc) is 2.01. The number of amides is 1. The van der Waals surface area contributed by atoms with Gasteiger partial charge >= 0.3 is 0 Å². The second-order valence-electron chi connectivity index (χ2n) is 2.09. The third-order valence-electron chi connectivity index (χ3n) is 1.06. The van der Waals surface area contributed by atoms with Crippen LogP contribution in [0.1, 0.15) is 0 Å². The maximum Gasteiger partial charge on any atom is 0.255 e. The molecule has 0 aliphatic rings. The number of aromatic nitrogens is 1. The Morgan fingerprint density at radius 3 is 3.00 bits per heavy atom. The lowest BCUT2D eigenvalue weighted by Gasteiger charge is -2.01. The predicted octanol–water partition coefficient (Wildman–Crippen LogP) is 0.0848. The largest absolute Gasteiger partial charge is 0.482 e. The molecule has 1 amide bonds. The van der Waals surface area contributed by atoms with Gasteiger partial charge in [-0.25, -0.2) is 4.39 Å². The summed E-state index contributed by atoms with van der Waals surface area (Å²) in [6.07, 6.45) is 2.34. The SMILES string of the molecule is NC(=O)COc1cncc(F)c1. The van der Waals surface area contributed by atoms with Crippen molar-refractivity contribution < 1.29 is 13.9 Å². The minimum atomic E-state index is -0.612. The summed E-state index contributed by atoms with van der Waals surface area (Å²) in [7, 11) is 0. The monoisotopic (exact) mass is 170 g/mol. The van der Waals surface area contributed by atoms with E-state index in [1.807, 2.05) is 0 Å². The molecule has 0 unspecified atom stereocenters. The Bertz CT molecular complexity index is 290. The number of carbonyl (C=O) groups excluding carboxylic acids is 1. The van der Waals surface area contributed by atoms with Crippen LogP contribution in [0.25, 0.3) is 0 Å². The molecule has 1 heterocycles. The number of nitrogens with zero attached hydrogens (tertiary/aromatic N) is 1. The van der Waals surface area contributed by atoms with Gasteiger partial charge in [-0.1, -0.05) is 0 Å². The minimum absolute atomic E-state index is 0.189. The molecule has 0 saturated heterocycles. The van der Waals surface area contributed by atoms with Gasteiger partial charge in [-0.15, -0.1) is 0 Å². The number of hydrogen-bond acceptors (Lipinski definition) is 3. The summed E-state index contributed by atoms with van der Waals surface area (Å²) in [5.74, 6) is -0.940. The molecule has 1 aromatic heterocycles. The number of nitrogens with two attached hydrogens (primary N) is 1. The summed E-state index contributed by atoms with van der Waals surface area (Å²) < 4.78 is 17.2. The summed E-state index contributed by atoms with van der Waals surface area (Å²) in [6.45, 7) is -0.273. The number of carbonyl (C=O) groups is 1. The van der Waals surface area contributed by atoms with Crippen molar-refractivity contribution >= 4 is 5.91 Å². The Labute approximate surface area is 68.2 Å². The first-order chi connectivity index (χ1) is 5.68. The molecule has 0 saturated carbocycles. The highest BCUT2D eigenvalue weighted by Crippen LogP contribution is 2.08. The molecule has 64 valence electrons. The van der Waals surface area contributed by atoms with E-state index in [0.29, 0.717) is 0 Å². The van der Waals surface area contributed by atoms with Crippen molar-refractivity contribution in [2.24, 2.45) is 5.73 Å². The van der Waals surface area contributed by atoms with E-state index in [4.69, 9.17) is 10.5 Å². The molecule has 0 atom stereocenters. The van der Waals surface area contributed by atoms with Crippen molar-refractivity contribution in [3.05, 3.63) is 24.3 Å². The molecule has 0 bridgehead atoms. The van der Waals surface area contributed by atoms with Crippen LogP contribution in [0.15, 0.2) is 18.5 Å². The topological polar surface area (TPSA) is 65.2 Å². The number of hydrogen-bond donors (Lipinski definition) is 1. The second kappa shape index (κ2) is 3.66. The number of ether oxygens (including phenoxy) is 1. The van der Waals surface area contributed by atoms with E-state index >= 15 is 0 Å². The fourth-order valence-corrected chi connectivity index (χ4v) is 0.626. The van der Waals surface area contributed by atoms with Crippen LogP contribution < -0.4 is 10.5 Å². The van der Waals surface area contributed by atoms with Crippen LogP contribution in [0.4, 0.5) is 4.39 Å². The first kappa shape index (κ1) is 8.45. The quantitative estimate of drug-likeness (QED) is 0.698. The van der Waals surface area contributed by atoms with Crippen LogP contribution in [-0.2, 0) is 4.79 Å². The van der Waals surface area contributed by atoms with Crippen molar-refractivity contribution in [1.82, 2.24) is 4.98 Å². The van der Waals surface area contributed by atoms with E-state index in [-0.39, 0.29) is 12.4 Å². The molecule has 0 aromatic carbocycles. The Hall–Kier alpha value is -1.65. The highest BCUT2D eigenvalue weighted by molar-refractivity contribution is 5.75. The predicted molar refractivity (Wildman–Crippen MR) is 38.9 cm³/mol. The van der Waals surface area contributed by atoms with E-state index in [0.717, 1.165) is 12.3 Å². The third kappa shape index (κ3) is 2.53. The van der Waals surface area contributed by atoms with E-state index in [2.05, 4.69) is 4.98 Å². The lowest BCUT2D eigenvalue weighted by atomic mass is 10.4. The number of halogens is 1. The van der Waals surface area contributed by atoms with Crippen molar-refractivity contribution in [2.45, 2.75) is 0 Å². The minimum Gasteiger partial charge on any atom is -0.482 e. The highest BCUT2D eigenvalue weighted by atomic mass is 19.1. The van der Waals surface area contributed by atoms with Crippen molar-refractivity contribution in [3.63, 3.8) is 0 Å². The number of rotatable bonds is 3. The van der Waals surface area contributed by atoms with Crippen LogP contribution in [-0.4, -0.2) is 17.5 Å².